The molecule has 8 nitrogen and oxygen atoms in total. The van der Waals surface area contributed by atoms with Crippen LogP contribution in [0.2, 0.25) is 0 Å². The number of morpholine rings is 1. The first kappa shape index (κ1) is 20.4. The van der Waals surface area contributed by atoms with Crippen LogP contribution < -0.4 is 9.80 Å². The highest BCUT2D eigenvalue weighted by atomic mass is 16.6. The van der Waals surface area contributed by atoms with Crippen molar-refractivity contribution in [2.75, 3.05) is 36.1 Å². The lowest BCUT2D eigenvalue weighted by Gasteiger charge is -2.39. The zero-order valence-electron chi connectivity index (χ0n) is 18.0. The second kappa shape index (κ2) is 8.55. The van der Waals surface area contributed by atoms with E-state index in [1.807, 2.05) is 12.1 Å². The fraction of sp³-hybridized carbons (Fsp3) is 0.333. The maximum Gasteiger partial charge on any atom is 0.269 e. The van der Waals surface area contributed by atoms with Crippen LogP contribution in [0.4, 0.5) is 17.2 Å². The van der Waals surface area contributed by atoms with Gasteiger partial charge in [-0.2, -0.15) is 0 Å². The summed E-state index contributed by atoms with van der Waals surface area (Å²) in [6.45, 7) is 6.10. The summed E-state index contributed by atoms with van der Waals surface area (Å²) in [5, 5.41) is 11.1. The quantitative estimate of drug-likeness (QED) is 0.458. The lowest BCUT2D eigenvalue weighted by molar-refractivity contribution is -0.384. The molecule has 5 rings (SSSR count). The monoisotopic (exact) mass is 431 g/mol. The van der Waals surface area contributed by atoms with Crippen molar-refractivity contribution in [2.24, 2.45) is 0 Å². The van der Waals surface area contributed by atoms with Gasteiger partial charge >= 0.3 is 0 Å². The molecule has 1 aromatic heterocycles. The number of aromatic nitrogens is 2. The standard InChI is InChI=1S/C24H25N5O3/c1-17-16-32-11-10-28(17)23-13-19(18-2-4-21(5-3-18)29(30)31)12-20-15-27(9-6-22(20)23)24-14-25-7-8-26-24/h2-5,7-8,12-14,17H,6,9-11,15-16H2,1H3/t17-/m0/s1. The van der Waals surface area contributed by atoms with Gasteiger partial charge in [0.05, 0.1) is 24.3 Å². The molecule has 8 heteroatoms. The number of non-ortho nitro benzene ring substituents is 1. The van der Waals surface area contributed by atoms with Gasteiger partial charge in [-0.05, 0) is 59.9 Å². The Morgan fingerprint density at radius 3 is 2.69 bits per heavy atom. The largest absolute Gasteiger partial charge is 0.377 e. The fourth-order valence-electron chi connectivity index (χ4n) is 4.61. The third kappa shape index (κ3) is 3.89. The normalized spacial score (nSPS) is 18.3. The zero-order chi connectivity index (χ0) is 22.1. The molecule has 2 aromatic carbocycles. The first-order valence-corrected chi connectivity index (χ1v) is 10.9. The number of anilines is 2. The number of hydrogen-bond donors (Lipinski definition) is 0. The van der Waals surface area contributed by atoms with E-state index in [2.05, 4.69) is 38.8 Å². The molecular weight excluding hydrogens is 406 g/mol. The maximum absolute atomic E-state index is 11.1. The summed E-state index contributed by atoms with van der Waals surface area (Å²) in [6, 6.07) is 11.5. The minimum atomic E-state index is -0.365. The molecule has 2 aliphatic rings. The van der Waals surface area contributed by atoms with E-state index < -0.39 is 0 Å². The van der Waals surface area contributed by atoms with Gasteiger partial charge in [-0.25, -0.2) is 4.98 Å². The summed E-state index contributed by atoms with van der Waals surface area (Å²) < 4.78 is 5.67. The molecule has 0 spiro atoms. The lowest BCUT2D eigenvalue weighted by Crippen LogP contribution is -2.45. The average molecular weight is 431 g/mol. The second-order valence-corrected chi connectivity index (χ2v) is 8.29. The Balaban J connectivity index is 1.57. The summed E-state index contributed by atoms with van der Waals surface area (Å²) >= 11 is 0. The van der Waals surface area contributed by atoms with Crippen LogP contribution >= 0.6 is 0 Å². The van der Waals surface area contributed by atoms with Gasteiger partial charge in [0.1, 0.15) is 5.82 Å². The summed E-state index contributed by atoms with van der Waals surface area (Å²) in [7, 11) is 0. The Hall–Kier alpha value is -3.52. The third-order valence-corrected chi connectivity index (χ3v) is 6.27. The zero-order valence-corrected chi connectivity index (χ0v) is 18.0. The summed E-state index contributed by atoms with van der Waals surface area (Å²) in [5.74, 6) is 0.875. The fourth-order valence-corrected chi connectivity index (χ4v) is 4.61. The van der Waals surface area contributed by atoms with Crippen LogP contribution in [0.25, 0.3) is 11.1 Å². The third-order valence-electron chi connectivity index (χ3n) is 6.27. The van der Waals surface area contributed by atoms with E-state index in [4.69, 9.17) is 4.74 Å². The highest BCUT2D eigenvalue weighted by Crippen LogP contribution is 2.37. The van der Waals surface area contributed by atoms with E-state index in [-0.39, 0.29) is 16.7 Å². The van der Waals surface area contributed by atoms with Gasteiger partial charge in [0.2, 0.25) is 0 Å². The number of rotatable bonds is 4. The first-order chi connectivity index (χ1) is 15.6. The van der Waals surface area contributed by atoms with E-state index in [1.165, 1.54) is 16.8 Å². The number of hydrogen-bond acceptors (Lipinski definition) is 7. The molecule has 0 radical (unpaired) electrons. The molecule has 0 amide bonds. The first-order valence-electron chi connectivity index (χ1n) is 10.9. The minimum Gasteiger partial charge on any atom is -0.377 e. The van der Waals surface area contributed by atoms with Crippen molar-refractivity contribution < 1.29 is 9.66 Å². The van der Waals surface area contributed by atoms with Gasteiger partial charge < -0.3 is 14.5 Å². The van der Waals surface area contributed by atoms with Gasteiger partial charge in [-0.1, -0.05) is 0 Å². The van der Waals surface area contributed by atoms with Crippen molar-refractivity contribution in [3.05, 3.63) is 76.2 Å². The van der Waals surface area contributed by atoms with Crippen LogP contribution in [0.5, 0.6) is 0 Å². The van der Waals surface area contributed by atoms with Gasteiger partial charge in [0.15, 0.2) is 0 Å². The molecule has 3 heterocycles. The smallest absolute Gasteiger partial charge is 0.269 e. The Kier molecular flexibility index (Phi) is 5.45. The van der Waals surface area contributed by atoms with E-state index in [0.29, 0.717) is 13.2 Å². The van der Waals surface area contributed by atoms with Gasteiger partial charge in [-0.15, -0.1) is 0 Å². The van der Waals surface area contributed by atoms with Crippen LogP contribution in [0.1, 0.15) is 18.1 Å². The van der Waals surface area contributed by atoms with E-state index in [0.717, 1.165) is 43.0 Å². The highest BCUT2D eigenvalue weighted by Gasteiger charge is 2.27. The summed E-state index contributed by atoms with van der Waals surface area (Å²) in [4.78, 5) is 24.1. The number of nitrogens with zero attached hydrogens (tertiary/aromatic N) is 5. The second-order valence-electron chi connectivity index (χ2n) is 8.29. The van der Waals surface area contributed by atoms with Crippen molar-refractivity contribution in [2.45, 2.75) is 25.9 Å². The molecule has 164 valence electrons. The molecule has 3 aromatic rings. The Morgan fingerprint density at radius 1 is 1.12 bits per heavy atom. The van der Waals surface area contributed by atoms with E-state index in [1.54, 1.807) is 30.7 Å². The molecule has 0 aliphatic carbocycles. The summed E-state index contributed by atoms with van der Waals surface area (Å²) in [6.07, 6.45) is 6.13. The molecule has 0 saturated carbocycles. The minimum absolute atomic E-state index is 0.0996. The Labute approximate surface area is 186 Å². The van der Waals surface area contributed by atoms with Crippen molar-refractivity contribution in [1.82, 2.24) is 9.97 Å². The molecule has 1 saturated heterocycles. The average Bonchev–Trinajstić information content (AvgIpc) is 2.84. The SMILES string of the molecule is C[C@H]1COCCN1c1cc(-c2ccc([N+](=O)[O-])cc2)cc2c1CCN(c1cnccn1)C2. The lowest BCUT2D eigenvalue weighted by atomic mass is 9.91. The van der Waals surface area contributed by atoms with E-state index >= 15 is 0 Å². The molecule has 0 bridgehead atoms. The van der Waals surface area contributed by atoms with Gasteiger partial charge in [0.25, 0.3) is 5.69 Å². The number of fused-ring (bicyclic) bond motifs is 1. The van der Waals surface area contributed by atoms with Crippen LogP contribution in [-0.4, -0.2) is 47.2 Å². The molecule has 32 heavy (non-hydrogen) atoms. The van der Waals surface area contributed by atoms with Crippen molar-refractivity contribution in [3.8, 4) is 11.1 Å². The molecule has 0 N–H and O–H groups in total. The van der Waals surface area contributed by atoms with Crippen molar-refractivity contribution in [3.63, 3.8) is 0 Å². The van der Waals surface area contributed by atoms with Crippen molar-refractivity contribution >= 4 is 17.2 Å². The Morgan fingerprint density at radius 2 is 1.97 bits per heavy atom. The van der Waals surface area contributed by atoms with Crippen LogP contribution in [0, 0.1) is 10.1 Å². The van der Waals surface area contributed by atoms with Crippen LogP contribution in [-0.2, 0) is 17.7 Å². The van der Waals surface area contributed by atoms with Crippen molar-refractivity contribution in [1.29, 1.82) is 0 Å². The summed E-state index contributed by atoms with van der Waals surface area (Å²) in [5.41, 5.74) is 5.99. The number of benzene rings is 2. The number of nitro benzene ring substituents is 1. The van der Waals surface area contributed by atoms with Crippen LogP contribution in [0.15, 0.2) is 55.0 Å². The Bertz CT molecular complexity index is 1120. The number of ether oxygens (including phenoxy) is 1. The van der Waals surface area contributed by atoms with E-state index in [9.17, 15) is 10.1 Å². The molecule has 0 unspecified atom stereocenters. The number of nitro groups is 1. The van der Waals surface area contributed by atoms with Crippen LogP contribution in [0.3, 0.4) is 0 Å². The molecule has 1 fully saturated rings. The maximum atomic E-state index is 11.1. The highest BCUT2D eigenvalue weighted by molar-refractivity contribution is 5.74. The molecular formula is C24H25N5O3. The topological polar surface area (TPSA) is 84.6 Å². The van der Waals surface area contributed by atoms with Gasteiger partial charge in [-0.3, -0.25) is 15.1 Å². The van der Waals surface area contributed by atoms with Gasteiger partial charge in [0, 0.05) is 55.9 Å². The molecule has 1 atom stereocenters. The predicted molar refractivity (Wildman–Crippen MR) is 123 cm³/mol. The molecule has 2 aliphatic heterocycles. The predicted octanol–water partition coefficient (Wildman–Crippen LogP) is 3.84.